The molecular formula is C21H15Cl2NO4S2. The summed E-state index contributed by atoms with van der Waals surface area (Å²) in [6, 6.07) is 15.4. The summed E-state index contributed by atoms with van der Waals surface area (Å²) in [6.45, 7) is 0. The molecule has 5 nitrogen and oxygen atoms in total. The number of hydrogen-bond donors (Lipinski definition) is 1. The number of halogens is 2. The second-order valence-electron chi connectivity index (χ2n) is 6.64. The van der Waals surface area contributed by atoms with Crippen molar-refractivity contribution in [1.29, 1.82) is 0 Å². The number of fused-ring (bicyclic) bond motifs is 1. The largest absolute Gasteiger partial charge is 0.481 e. The number of carboxylic acids is 1. The highest BCUT2D eigenvalue weighted by Gasteiger charge is 2.24. The van der Waals surface area contributed by atoms with Crippen molar-refractivity contribution in [2.75, 3.05) is 0 Å². The maximum Gasteiger partial charge on any atom is 0.303 e. The molecule has 0 saturated heterocycles. The van der Waals surface area contributed by atoms with Crippen LogP contribution in [0.2, 0.25) is 10.0 Å². The number of thiophene rings is 1. The molecule has 0 fully saturated rings. The quantitative estimate of drug-likeness (QED) is 0.371. The second-order valence-corrected chi connectivity index (χ2v) is 10.6. The molecule has 0 bridgehead atoms. The molecule has 0 radical (unpaired) electrons. The van der Waals surface area contributed by atoms with E-state index in [0.717, 1.165) is 21.8 Å². The topological polar surface area (TPSA) is 76.4 Å². The first-order valence-corrected chi connectivity index (χ1v) is 11.9. The molecule has 4 rings (SSSR count). The van der Waals surface area contributed by atoms with E-state index >= 15 is 0 Å². The predicted molar refractivity (Wildman–Crippen MR) is 120 cm³/mol. The Morgan fingerprint density at radius 3 is 2.40 bits per heavy atom. The lowest BCUT2D eigenvalue weighted by Gasteiger charge is -2.05. The predicted octanol–water partition coefficient (Wildman–Crippen LogP) is 5.93. The molecule has 2 heterocycles. The van der Waals surface area contributed by atoms with Gasteiger partial charge in [0.25, 0.3) is 10.0 Å². The standard InChI is InChI=1S/C21H15Cl2NO4S2/c22-15-4-1-13(2-5-15)19-8-10-21(29-19)30(27,28)24-12-14(3-9-20(25)26)17-11-16(23)6-7-18(17)24/h1-2,4-8,10-12H,3,9H2,(H,25,26). The van der Waals surface area contributed by atoms with Crippen LogP contribution < -0.4 is 0 Å². The Kier molecular flexibility index (Phi) is 5.63. The van der Waals surface area contributed by atoms with Gasteiger partial charge in [0, 0.05) is 32.9 Å². The summed E-state index contributed by atoms with van der Waals surface area (Å²) in [7, 11) is -3.87. The number of nitrogens with zero attached hydrogens (tertiary/aromatic N) is 1. The zero-order valence-corrected chi connectivity index (χ0v) is 18.5. The molecule has 4 aromatic rings. The minimum Gasteiger partial charge on any atom is -0.481 e. The monoisotopic (exact) mass is 479 g/mol. The summed E-state index contributed by atoms with van der Waals surface area (Å²) in [4.78, 5) is 11.8. The molecule has 0 atom stereocenters. The van der Waals surface area contributed by atoms with E-state index in [9.17, 15) is 13.2 Å². The van der Waals surface area contributed by atoms with Gasteiger partial charge in [0.2, 0.25) is 0 Å². The molecule has 1 N–H and O–H groups in total. The number of rotatable bonds is 6. The van der Waals surface area contributed by atoms with Crippen LogP contribution in [0, 0.1) is 0 Å². The molecule has 0 aliphatic heterocycles. The third-order valence-corrected chi connectivity index (χ3v) is 8.41. The van der Waals surface area contributed by atoms with Crippen molar-refractivity contribution in [3.8, 4) is 10.4 Å². The Labute approximate surface area is 187 Å². The summed E-state index contributed by atoms with van der Waals surface area (Å²) in [5, 5.41) is 10.7. The summed E-state index contributed by atoms with van der Waals surface area (Å²) in [6.07, 6.45) is 1.58. The van der Waals surface area contributed by atoms with Crippen LogP contribution >= 0.6 is 34.5 Å². The summed E-state index contributed by atoms with van der Waals surface area (Å²) in [5.41, 5.74) is 1.95. The Morgan fingerprint density at radius 2 is 1.70 bits per heavy atom. The van der Waals surface area contributed by atoms with Crippen molar-refractivity contribution in [1.82, 2.24) is 3.97 Å². The molecule has 0 spiro atoms. The van der Waals surface area contributed by atoms with Crippen molar-refractivity contribution in [2.24, 2.45) is 0 Å². The third-order valence-electron chi connectivity index (χ3n) is 4.65. The van der Waals surface area contributed by atoms with Crippen LogP contribution in [0.25, 0.3) is 21.3 Å². The van der Waals surface area contributed by atoms with Crippen LogP contribution in [0.5, 0.6) is 0 Å². The fraction of sp³-hybridized carbons (Fsp3) is 0.0952. The summed E-state index contributed by atoms with van der Waals surface area (Å²) >= 11 is 13.2. The van der Waals surface area contributed by atoms with E-state index in [0.29, 0.717) is 26.5 Å². The molecule has 2 aromatic carbocycles. The Bertz CT molecular complexity index is 1360. The van der Waals surface area contributed by atoms with Gasteiger partial charge in [0.1, 0.15) is 4.21 Å². The highest BCUT2D eigenvalue weighted by Crippen LogP contribution is 2.35. The van der Waals surface area contributed by atoms with Crippen molar-refractivity contribution < 1.29 is 18.3 Å². The van der Waals surface area contributed by atoms with E-state index in [1.807, 2.05) is 12.1 Å². The fourth-order valence-electron chi connectivity index (χ4n) is 3.20. The van der Waals surface area contributed by atoms with Gasteiger partial charge in [-0.2, -0.15) is 8.42 Å². The average molecular weight is 480 g/mol. The minimum absolute atomic E-state index is 0.106. The smallest absolute Gasteiger partial charge is 0.303 e. The SMILES string of the molecule is O=C(O)CCc1cn(S(=O)(=O)c2ccc(-c3ccc(Cl)cc3)s2)c2ccc(Cl)cc12. The number of aromatic nitrogens is 1. The van der Waals surface area contributed by atoms with Gasteiger partial charge in [0.05, 0.1) is 5.52 Å². The van der Waals surface area contributed by atoms with Gasteiger partial charge in [-0.1, -0.05) is 35.3 Å². The van der Waals surface area contributed by atoms with Crippen molar-refractivity contribution in [2.45, 2.75) is 17.1 Å². The van der Waals surface area contributed by atoms with Gasteiger partial charge in [0.15, 0.2) is 0 Å². The zero-order valence-electron chi connectivity index (χ0n) is 15.4. The van der Waals surface area contributed by atoms with Crippen molar-refractivity contribution in [3.63, 3.8) is 0 Å². The van der Waals surface area contributed by atoms with E-state index in [-0.39, 0.29) is 17.1 Å². The number of aryl methyl sites for hydroxylation is 1. The van der Waals surface area contributed by atoms with Gasteiger partial charge >= 0.3 is 5.97 Å². The number of benzene rings is 2. The lowest BCUT2D eigenvalue weighted by molar-refractivity contribution is -0.136. The van der Waals surface area contributed by atoms with Crippen LogP contribution in [0.3, 0.4) is 0 Å². The summed E-state index contributed by atoms with van der Waals surface area (Å²) < 4.78 is 28.2. The van der Waals surface area contributed by atoms with E-state index in [4.69, 9.17) is 28.3 Å². The van der Waals surface area contributed by atoms with Crippen molar-refractivity contribution in [3.05, 3.63) is 76.4 Å². The van der Waals surface area contributed by atoms with E-state index < -0.39 is 16.0 Å². The molecular weight excluding hydrogens is 465 g/mol. The molecule has 9 heteroatoms. The van der Waals surface area contributed by atoms with Gasteiger partial charge in [-0.05, 0) is 60.0 Å². The normalized spacial score (nSPS) is 11.8. The maximum absolute atomic E-state index is 13.4. The molecule has 154 valence electrons. The second kappa shape index (κ2) is 8.07. The molecule has 0 unspecified atom stereocenters. The number of carboxylic acid groups (broad SMARTS) is 1. The van der Waals surface area contributed by atoms with Crippen LogP contribution in [0.4, 0.5) is 0 Å². The molecule has 0 saturated carbocycles. The average Bonchev–Trinajstić information content (AvgIpc) is 3.33. The van der Waals surface area contributed by atoms with Gasteiger partial charge in [-0.25, -0.2) is 3.97 Å². The molecule has 30 heavy (non-hydrogen) atoms. The van der Waals surface area contributed by atoms with Crippen LogP contribution in [0.15, 0.2) is 65.0 Å². The third kappa shape index (κ3) is 3.98. The van der Waals surface area contributed by atoms with Crippen LogP contribution in [-0.2, 0) is 21.2 Å². The minimum atomic E-state index is -3.87. The highest BCUT2D eigenvalue weighted by atomic mass is 35.5. The highest BCUT2D eigenvalue weighted by molar-refractivity contribution is 7.92. The lowest BCUT2D eigenvalue weighted by Crippen LogP contribution is -2.10. The first kappa shape index (κ1) is 20.9. The van der Waals surface area contributed by atoms with E-state index in [1.165, 1.54) is 10.2 Å². The maximum atomic E-state index is 13.4. The molecule has 2 aromatic heterocycles. The molecule has 0 aliphatic carbocycles. The van der Waals surface area contributed by atoms with E-state index in [1.54, 1.807) is 42.5 Å². The van der Waals surface area contributed by atoms with E-state index in [2.05, 4.69) is 0 Å². The Balaban J connectivity index is 1.79. The first-order chi connectivity index (χ1) is 14.3. The van der Waals surface area contributed by atoms with Gasteiger partial charge < -0.3 is 5.11 Å². The number of hydrogen-bond acceptors (Lipinski definition) is 4. The Morgan fingerprint density at radius 1 is 1.00 bits per heavy atom. The molecule has 0 aliphatic rings. The van der Waals surface area contributed by atoms with Crippen LogP contribution in [-0.4, -0.2) is 23.5 Å². The lowest BCUT2D eigenvalue weighted by atomic mass is 10.1. The zero-order chi connectivity index (χ0) is 21.5. The number of carbonyl (C=O) groups is 1. The summed E-state index contributed by atoms with van der Waals surface area (Å²) in [5.74, 6) is -0.952. The first-order valence-electron chi connectivity index (χ1n) is 8.88. The van der Waals surface area contributed by atoms with Gasteiger partial charge in [-0.3, -0.25) is 4.79 Å². The fourth-order valence-corrected chi connectivity index (χ4v) is 6.29. The molecule has 0 amide bonds. The van der Waals surface area contributed by atoms with Crippen LogP contribution in [0.1, 0.15) is 12.0 Å². The Hall–Kier alpha value is -2.32. The van der Waals surface area contributed by atoms with Crippen molar-refractivity contribution >= 4 is 61.4 Å². The van der Waals surface area contributed by atoms with Gasteiger partial charge in [-0.15, -0.1) is 11.3 Å². The number of aliphatic carboxylic acids is 1.